The molecule has 0 fully saturated rings. The van der Waals surface area contributed by atoms with Crippen LogP contribution in [0, 0.1) is 10.1 Å². The van der Waals surface area contributed by atoms with Gasteiger partial charge in [-0.2, -0.15) is 0 Å². The number of hydrogen-bond acceptors (Lipinski definition) is 7. The van der Waals surface area contributed by atoms with E-state index >= 15 is 0 Å². The average molecular weight is 524 g/mol. The summed E-state index contributed by atoms with van der Waals surface area (Å²) >= 11 is 0. The minimum atomic E-state index is -3.61. The molecule has 0 amide bonds. The van der Waals surface area contributed by atoms with Gasteiger partial charge in [0.1, 0.15) is 12.3 Å². The molecule has 5 rings (SSSR count). The van der Waals surface area contributed by atoms with Gasteiger partial charge in [-0.05, 0) is 53.6 Å². The molecule has 4 aromatic carbocycles. The maximum absolute atomic E-state index is 12.8. The summed E-state index contributed by atoms with van der Waals surface area (Å²) < 4.78 is 31.7. The molecule has 1 aromatic heterocycles. The first-order valence-corrected chi connectivity index (χ1v) is 13.1. The predicted octanol–water partition coefficient (Wildman–Crippen LogP) is 6.12. The van der Waals surface area contributed by atoms with Gasteiger partial charge >= 0.3 is 0 Å². The second kappa shape index (κ2) is 10.6. The molecule has 188 valence electrons. The van der Waals surface area contributed by atoms with Crippen LogP contribution in [0.15, 0.2) is 113 Å². The molecule has 8 nitrogen and oxygen atoms in total. The highest BCUT2D eigenvalue weighted by atomic mass is 32.2. The minimum Gasteiger partial charge on any atom is -0.471 e. The topological polar surface area (TPSA) is 112 Å². The Morgan fingerprint density at radius 1 is 0.763 bits per heavy atom. The fourth-order valence-electron chi connectivity index (χ4n) is 3.78. The maximum atomic E-state index is 12.8. The Morgan fingerprint density at radius 3 is 2.13 bits per heavy atom. The summed E-state index contributed by atoms with van der Waals surface area (Å²) in [6.07, 6.45) is 3.41. The lowest BCUT2D eigenvalue weighted by Crippen LogP contribution is -2.04. The van der Waals surface area contributed by atoms with Crippen LogP contribution in [0.25, 0.3) is 23.2 Å². The van der Waals surface area contributed by atoms with Gasteiger partial charge in [0.25, 0.3) is 5.69 Å². The molecule has 0 saturated heterocycles. The maximum Gasteiger partial charge on any atom is 0.270 e. The van der Waals surface area contributed by atoms with E-state index in [1.807, 2.05) is 24.3 Å². The molecule has 0 atom stereocenters. The number of ether oxygens (including phenoxy) is 1. The van der Waals surface area contributed by atoms with Crippen LogP contribution in [0.5, 0.6) is 5.88 Å². The van der Waals surface area contributed by atoms with Crippen LogP contribution in [0.2, 0.25) is 0 Å². The van der Waals surface area contributed by atoms with Crippen molar-refractivity contribution in [1.82, 2.24) is 9.97 Å². The van der Waals surface area contributed by atoms with Crippen molar-refractivity contribution < 1.29 is 18.1 Å². The summed E-state index contributed by atoms with van der Waals surface area (Å²) in [5.41, 5.74) is 3.16. The lowest BCUT2D eigenvalue weighted by atomic mass is 10.1. The zero-order valence-corrected chi connectivity index (χ0v) is 20.8. The molecule has 9 heteroatoms. The Morgan fingerprint density at radius 2 is 1.42 bits per heavy atom. The molecule has 0 bridgehead atoms. The van der Waals surface area contributed by atoms with E-state index < -0.39 is 14.8 Å². The second-order valence-corrected chi connectivity index (χ2v) is 10.3. The van der Waals surface area contributed by atoms with Crippen LogP contribution >= 0.6 is 0 Å². The van der Waals surface area contributed by atoms with Gasteiger partial charge in [0.15, 0.2) is 0 Å². The van der Waals surface area contributed by atoms with E-state index in [1.54, 1.807) is 78.9 Å². The molecular formula is C29H21N3O5S. The highest BCUT2D eigenvalue weighted by Crippen LogP contribution is 2.24. The van der Waals surface area contributed by atoms with Crippen LogP contribution in [0.3, 0.4) is 0 Å². The largest absolute Gasteiger partial charge is 0.471 e. The van der Waals surface area contributed by atoms with Crippen LogP contribution in [0.1, 0.15) is 16.8 Å². The quantitative estimate of drug-likeness (QED) is 0.178. The summed E-state index contributed by atoms with van der Waals surface area (Å²) in [7, 11) is -3.61. The smallest absolute Gasteiger partial charge is 0.270 e. The van der Waals surface area contributed by atoms with Gasteiger partial charge in [0.2, 0.25) is 15.7 Å². The summed E-state index contributed by atoms with van der Waals surface area (Å²) in [4.78, 5) is 20.3. The highest BCUT2D eigenvalue weighted by Gasteiger charge is 2.17. The molecule has 1 heterocycles. The van der Waals surface area contributed by atoms with Crippen molar-refractivity contribution in [2.45, 2.75) is 16.4 Å². The van der Waals surface area contributed by atoms with Crippen LogP contribution in [0.4, 0.5) is 5.69 Å². The van der Waals surface area contributed by atoms with Crippen molar-refractivity contribution in [3.05, 3.63) is 130 Å². The fraction of sp³-hybridized carbons (Fsp3) is 0.0345. The Bertz CT molecular complexity index is 1750. The molecule has 38 heavy (non-hydrogen) atoms. The lowest BCUT2D eigenvalue weighted by molar-refractivity contribution is -0.384. The van der Waals surface area contributed by atoms with E-state index in [0.29, 0.717) is 22.3 Å². The van der Waals surface area contributed by atoms with Crippen molar-refractivity contribution in [3.63, 3.8) is 0 Å². The first-order chi connectivity index (χ1) is 18.4. The third kappa shape index (κ3) is 5.42. The summed E-state index contributed by atoms with van der Waals surface area (Å²) in [6, 6.07) is 28.4. The molecule has 0 aliphatic carbocycles. The van der Waals surface area contributed by atoms with Gasteiger partial charge in [-0.1, -0.05) is 60.7 Å². The summed E-state index contributed by atoms with van der Waals surface area (Å²) in [6.45, 7) is 0.135. The van der Waals surface area contributed by atoms with E-state index in [4.69, 9.17) is 4.74 Å². The zero-order valence-electron chi connectivity index (χ0n) is 20.0. The predicted molar refractivity (Wildman–Crippen MR) is 144 cm³/mol. The number of para-hydroxylation sites is 2. The number of non-ortho nitro benzene ring substituents is 1. The van der Waals surface area contributed by atoms with Gasteiger partial charge in [0, 0.05) is 12.1 Å². The van der Waals surface area contributed by atoms with Gasteiger partial charge in [0.05, 0.1) is 25.7 Å². The SMILES string of the molecule is O=[N+]([O-])c1cccc(/C=C\c2nc3ccccc3nc2OCc2ccc(S(=O)(=O)c3ccccc3)cc2)c1. The number of nitrogens with zero attached hydrogens (tertiary/aromatic N) is 3. The molecule has 0 spiro atoms. The van der Waals surface area contributed by atoms with Crippen molar-refractivity contribution in [2.75, 3.05) is 0 Å². The number of fused-ring (bicyclic) bond motifs is 1. The van der Waals surface area contributed by atoms with Gasteiger partial charge in [-0.3, -0.25) is 10.1 Å². The number of nitro benzene ring substituents is 1. The molecule has 0 unspecified atom stereocenters. The van der Waals surface area contributed by atoms with Crippen molar-refractivity contribution >= 4 is 38.7 Å². The standard InChI is InChI=1S/C29H21N3O5S/c33-32(34)23-8-6-7-21(19-23)15-18-28-29(31-27-12-5-4-11-26(27)30-28)37-20-22-13-16-25(17-14-22)38(35,36)24-9-2-1-3-10-24/h1-19H,20H2/b18-15-. The lowest BCUT2D eigenvalue weighted by Gasteiger charge is -2.10. The minimum absolute atomic E-state index is 0.00838. The van der Waals surface area contributed by atoms with Crippen molar-refractivity contribution in [1.29, 1.82) is 0 Å². The van der Waals surface area contributed by atoms with E-state index in [0.717, 1.165) is 5.56 Å². The van der Waals surface area contributed by atoms with E-state index in [2.05, 4.69) is 9.97 Å². The molecule has 0 aliphatic heterocycles. The summed E-state index contributed by atoms with van der Waals surface area (Å²) in [5, 5.41) is 11.1. The second-order valence-electron chi connectivity index (χ2n) is 8.34. The number of benzene rings is 4. The molecule has 0 N–H and O–H groups in total. The number of nitro groups is 1. The molecule has 5 aromatic rings. The van der Waals surface area contributed by atoms with Gasteiger partial charge in [-0.15, -0.1) is 0 Å². The molecule has 0 aliphatic rings. The van der Waals surface area contributed by atoms with Gasteiger partial charge < -0.3 is 4.74 Å². The number of rotatable bonds is 8. The van der Waals surface area contributed by atoms with E-state index in [9.17, 15) is 18.5 Å². The highest BCUT2D eigenvalue weighted by molar-refractivity contribution is 7.91. The number of hydrogen-bond donors (Lipinski definition) is 0. The third-order valence-corrected chi connectivity index (χ3v) is 7.53. The zero-order chi connectivity index (χ0) is 26.5. The van der Waals surface area contributed by atoms with Crippen LogP contribution in [-0.2, 0) is 16.4 Å². The average Bonchev–Trinajstić information content (AvgIpc) is 2.95. The monoisotopic (exact) mass is 523 g/mol. The Kier molecular flexibility index (Phi) is 6.92. The molecular weight excluding hydrogens is 502 g/mol. The van der Waals surface area contributed by atoms with E-state index in [-0.39, 0.29) is 28.0 Å². The molecule has 0 saturated carbocycles. The van der Waals surface area contributed by atoms with Crippen molar-refractivity contribution in [3.8, 4) is 5.88 Å². The Hall–Kier alpha value is -4.89. The normalized spacial score (nSPS) is 11.6. The Balaban J connectivity index is 1.40. The van der Waals surface area contributed by atoms with Crippen molar-refractivity contribution in [2.24, 2.45) is 0 Å². The first kappa shape index (κ1) is 24.8. The Labute approximate surface area is 219 Å². The molecule has 0 radical (unpaired) electrons. The third-order valence-electron chi connectivity index (χ3n) is 5.74. The fourth-order valence-corrected chi connectivity index (χ4v) is 5.06. The number of sulfone groups is 1. The van der Waals surface area contributed by atoms with Crippen LogP contribution < -0.4 is 4.74 Å². The summed E-state index contributed by atoms with van der Waals surface area (Å²) in [5.74, 6) is 0.284. The van der Waals surface area contributed by atoms with Gasteiger partial charge in [-0.25, -0.2) is 18.4 Å². The van der Waals surface area contributed by atoms with E-state index in [1.165, 1.54) is 12.1 Å². The number of aromatic nitrogens is 2. The first-order valence-electron chi connectivity index (χ1n) is 11.6. The van der Waals surface area contributed by atoms with Crippen LogP contribution in [-0.4, -0.2) is 23.3 Å².